The number of Topliss-reactive ketones (excluding diaryl/α,β-unsaturated/α-hetero) is 1. The van der Waals surface area contributed by atoms with Crippen molar-refractivity contribution in [1.82, 2.24) is 0 Å². The lowest BCUT2D eigenvalue weighted by Crippen LogP contribution is -2.15. The summed E-state index contributed by atoms with van der Waals surface area (Å²) < 4.78 is 9.92. The van der Waals surface area contributed by atoms with Gasteiger partial charge < -0.3 is 14.8 Å². The highest BCUT2D eigenvalue weighted by Gasteiger charge is 2.19. The second kappa shape index (κ2) is 10.2. The number of nitro benzene ring substituents is 1. The van der Waals surface area contributed by atoms with Gasteiger partial charge in [0.05, 0.1) is 17.6 Å². The molecule has 0 aliphatic heterocycles. The summed E-state index contributed by atoms with van der Waals surface area (Å²) in [6.07, 6.45) is 0. The Hall–Kier alpha value is -4.53. The van der Waals surface area contributed by atoms with Gasteiger partial charge in [0.25, 0.3) is 5.91 Å². The number of nitrogens with zero attached hydrogens (tertiary/aromatic N) is 1. The van der Waals surface area contributed by atoms with Crippen molar-refractivity contribution >= 4 is 29.0 Å². The third-order valence-corrected chi connectivity index (χ3v) is 4.72. The number of benzene rings is 3. The number of nitro groups is 1. The summed E-state index contributed by atoms with van der Waals surface area (Å²) in [5.74, 6) is -1.62. The molecule has 0 spiro atoms. The largest absolute Gasteiger partial charge is 0.490 e. The van der Waals surface area contributed by atoms with Crippen molar-refractivity contribution in [3.8, 4) is 5.75 Å². The lowest BCUT2D eigenvalue weighted by molar-refractivity contribution is -0.385. The van der Waals surface area contributed by atoms with Crippen LogP contribution >= 0.6 is 0 Å². The quantitative estimate of drug-likeness (QED) is 0.237. The van der Waals surface area contributed by atoms with Crippen LogP contribution in [0.15, 0.2) is 66.7 Å². The minimum atomic E-state index is -0.747. The predicted octanol–water partition coefficient (Wildman–Crippen LogP) is 4.20. The van der Waals surface area contributed by atoms with Gasteiger partial charge in [0.1, 0.15) is 0 Å². The fourth-order valence-corrected chi connectivity index (χ4v) is 2.90. The Morgan fingerprint density at radius 2 is 1.52 bits per heavy atom. The zero-order chi connectivity index (χ0) is 24.0. The first kappa shape index (κ1) is 23.1. The molecular weight excluding hydrogens is 428 g/mol. The van der Waals surface area contributed by atoms with Crippen LogP contribution in [0.2, 0.25) is 0 Å². The maximum Gasteiger partial charge on any atom is 0.338 e. The van der Waals surface area contributed by atoms with Crippen molar-refractivity contribution in [3.05, 3.63) is 99.1 Å². The van der Waals surface area contributed by atoms with Crippen LogP contribution in [0.1, 0.15) is 36.6 Å². The highest BCUT2D eigenvalue weighted by Crippen LogP contribution is 2.27. The van der Waals surface area contributed by atoms with Gasteiger partial charge in [0, 0.05) is 22.9 Å². The topological polar surface area (TPSA) is 125 Å². The number of carbonyl (C=O) groups excluding carboxylic acids is 3. The molecule has 0 aliphatic carbocycles. The van der Waals surface area contributed by atoms with Gasteiger partial charge in [-0.05, 0) is 55.5 Å². The molecule has 0 bridgehead atoms. The summed E-state index contributed by atoms with van der Waals surface area (Å²) >= 11 is 0. The number of anilines is 1. The maximum atomic E-state index is 12.3. The maximum absolute atomic E-state index is 12.3. The second-order valence-corrected chi connectivity index (χ2v) is 7.04. The molecule has 0 unspecified atom stereocenters. The zero-order valence-corrected chi connectivity index (χ0v) is 17.9. The van der Waals surface area contributed by atoms with Crippen LogP contribution < -0.4 is 10.1 Å². The molecule has 168 valence electrons. The number of ether oxygens (including phenoxy) is 2. The summed E-state index contributed by atoms with van der Waals surface area (Å²) in [5.41, 5.74) is 1.86. The predicted molar refractivity (Wildman–Crippen MR) is 120 cm³/mol. The molecule has 0 aliphatic rings. The van der Waals surface area contributed by atoms with Gasteiger partial charge in [0.15, 0.2) is 12.4 Å². The average molecular weight is 448 g/mol. The molecule has 1 N–H and O–H groups in total. The molecule has 9 heteroatoms. The molecule has 33 heavy (non-hydrogen) atoms. The van der Waals surface area contributed by atoms with Crippen LogP contribution in [0.25, 0.3) is 0 Å². The van der Waals surface area contributed by atoms with E-state index in [2.05, 4.69) is 5.32 Å². The SMILES string of the molecule is COc1ccc(C(=O)COC(=O)c2ccc(NC(=O)c3ccc(C)cc3)cc2)cc1[N+](=O)[O-]. The van der Waals surface area contributed by atoms with Crippen LogP contribution in [0.5, 0.6) is 5.75 Å². The number of hydrogen-bond acceptors (Lipinski definition) is 7. The van der Waals surface area contributed by atoms with Gasteiger partial charge in [-0.15, -0.1) is 0 Å². The first-order valence-corrected chi connectivity index (χ1v) is 9.79. The first-order chi connectivity index (χ1) is 15.8. The number of carbonyl (C=O) groups is 3. The molecule has 0 fully saturated rings. The molecule has 0 saturated heterocycles. The number of esters is 1. The summed E-state index contributed by atoms with van der Waals surface area (Å²) in [6.45, 7) is 1.34. The number of methoxy groups -OCH3 is 1. The molecule has 0 radical (unpaired) electrons. The zero-order valence-electron chi connectivity index (χ0n) is 17.9. The average Bonchev–Trinajstić information content (AvgIpc) is 2.82. The van der Waals surface area contributed by atoms with E-state index < -0.39 is 23.3 Å². The smallest absolute Gasteiger partial charge is 0.338 e. The fourth-order valence-electron chi connectivity index (χ4n) is 2.90. The van der Waals surface area contributed by atoms with Crippen molar-refractivity contribution in [1.29, 1.82) is 0 Å². The van der Waals surface area contributed by atoms with Crippen LogP contribution in [0.3, 0.4) is 0 Å². The fraction of sp³-hybridized carbons (Fsp3) is 0.125. The van der Waals surface area contributed by atoms with E-state index in [9.17, 15) is 24.5 Å². The molecule has 9 nitrogen and oxygen atoms in total. The Morgan fingerprint density at radius 3 is 2.12 bits per heavy atom. The third kappa shape index (κ3) is 5.79. The molecule has 3 aromatic carbocycles. The van der Waals surface area contributed by atoms with Gasteiger partial charge in [-0.3, -0.25) is 19.7 Å². The van der Waals surface area contributed by atoms with Crippen LogP contribution in [-0.4, -0.2) is 36.3 Å². The van der Waals surface area contributed by atoms with Gasteiger partial charge in [-0.1, -0.05) is 17.7 Å². The Morgan fingerprint density at radius 1 is 0.909 bits per heavy atom. The molecule has 0 saturated carbocycles. The van der Waals surface area contributed by atoms with Crippen LogP contribution in [0, 0.1) is 17.0 Å². The van der Waals surface area contributed by atoms with Gasteiger partial charge in [-0.2, -0.15) is 0 Å². The number of nitrogens with one attached hydrogen (secondary N) is 1. The summed E-state index contributed by atoms with van der Waals surface area (Å²) in [4.78, 5) is 47.3. The first-order valence-electron chi connectivity index (χ1n) is 9.79. The van der Waals surface area contributed by atoms with E-state index in [1.54, 1.807) is 12.1 Å². The number of amides is 1. The highest BCUT2D eigenvalue weighted by atomic mass is 16.6. The monoisotopic (exact) mass is 448 g/mol. The molecule has 3 aromatic rings. The van der Waals surface area contributed by atoms with E-state index in [0.29, 0.717) is 11.3 Å². The number of aryl methyl sites for hydroxylation is 1. The standard InChI is InChI=1S/C24H20N2O7/c1-15-3-5-16(6-4-15)23(28)25-19-10-7-17(8-11-19)24(29)33-14-21(27)18-9-12-22(32-2)20(13-18)26(30)31/h3-13H,14H2,1-2H3,(H,25,28). The Kier molecular flexibility index (Phi) is 7.14. The Balaban J connectivity index is 1.59. The lowest BCUT2D eigenvalue weighted by atomic mass is 10.1. The number of rotatable bonds is 8. The van der Waals surface area contributed by atoms with Crippen LogP contribution in [-0.2, 0) is 4.74 Å². The molecule has 0 atom stereocenters. The molecule has 1 amide bonds. The Bertz CT molecular complexity index is 1200. The lowest BCUT2D eigenvalue weighted by Gasteiger charge is -2.08. The second-order valence-electron chi connectivity index (χ2n) is 7.04. The Labute approximate surface area is 189 Å². The van der Waals surface area contributed by atoms with E-state index in [0.717, 1.165) is 11.6 Å². The van der Waals surface area contributed by atoms with Gasteiger partial charge >= 0.3 is 11.7 Å². The van der Waals surface area contributed by atoms with Crippen molar-refractivity contribution < 1.29 is 28.8 Å². The molecule has 0 aromatic heterocycles. The minimum Gasteiger partial charge on any atom is -0.490 e. The van der Waals surface area contributed by atoms with Crippen molar-refractivity contribution in [3.63, 3.8) is 0 Å². The molecular formula is C24H20N2O7. The minimum absolute atomic E-state index is 0.0168. The summed E-state index contributed by atoms with van der Waals surface area (Å²) in [5, 5.41) is 13.8. The number of ketones is 1. The van der Waals surface area contributed by atoms with Crippen molar-refractivity contribution in [2.75, 3.05) is 19.0 Å². The molecule has 3 rings (SSSR count). The van der Waals surface area contributed by atoms with E-state index in [4.69, 9.17) is 9.47 Å². The summed E-state index contributed by atoms with van der Waals surface area (Å²) in [6, 6.07) is 16.8. The van der Waals surface area contributed by atoms with Crippen molar-refractivity contribution in [2.45, 2.75) is 6.92 Å². The third-order valence-electron chi connectivity index (χ3n) is 4.72. The van der Waals surface area contributed by atoms with E-state index in [1.165, 1.54) is 43.5 Å². The normalized spacial score (nSPS) is 10.2. The van der Waals surface area contributed by atoms with Gasteiger partial charge in [-0.25, -0.2) is 4.79 Å². The highest BCUT2D eigenvalue weighted by molar-refractivity contribution is 6.04. The van der Waals surface area contributed by atoms with E-state index in [1.807, 2.05) is 19.1 Å². The summed E-state index contributed by atoms with van der Waals surface area (Å²) in [7, 11) is 1.28. The van der Waals surface area contributed by atoms with Gasteiger partial charge in [0.2, 0.25) is 5.78 Å². The van der Waals surface area contributed by atoms with Crippen LogP contribution in [0.4, 0.5) is 11.4 Å². The van der Waals surface area contributed by atoms with Crippen molar-refractivity contribution in [2.24, 2.45) is 0 Å². The number of hydrogen-bond donors (Lipinski definition) is 1. The van der Waals surface area contributed by atoms with E-state index in [-0.39, 0.29) is 28.5 Å². The van der Waals surface area contributed by atoms with E-state index >= 15 is 0 Å². The molecule has 0 heterocycles.